The Morgan fingerprint density at radius 1 is 1.50 bits per heavy atom. The van der Waals surface area contributed by atoms with Gasteiger partial charge in [-0.2, -0.15) is 0 Å². The molecule has 98 valence electrons. The molecule has 0 saturated carbocycles. The monoisotopic (exact) mass is 264 g/mol. The van der Waals surface area contributed by atoms with E-state index in [0.717, 1.165) is 24.3 Å². The first-order valence-corrected chi connectivity index (χ1v) is 7.37. The second kappa shape index (κ2) is 5.22. The molecule has 0 spiro atoms. The van der Waals surface area contributed by atoms with Crippen molar-refractivity contribution >= 4 is 29.0 Å². The number of para-hydroxylation sites is 2. The first-order valence-electron chi connectivity index (χ1n) is 6.39. The van der Waals surface area contributed by atoms with Gasteiger partial charge in [0.25, 0.3) is 0 Å². The van der Waals surface area contributed by atoms with Gasteiger partial charge in [0.2, 0.25) is 5.91 Å². The predicted molar refractivity (Wildman–Crippen MR) is 79.0 cm³/mol. The van der Waals surface area contributed by atoms with E-state index in [1.807, 2.05) is 36.1 Å². The highest BCUT2D eigenvalue weighted by Crippen LogP contribution is 2.40. The molecule has 0 aliphatic carbocycles. The minimum atomic E-state index is -0.279. The highest BCUT2D eigenvalue weighted by atomic mass is 32.2. The maximum atomic E-state index is 12.7. The van der Waals surface area contributed by atoms with Crippen molar-refractivity contribution in [3.8, 4) is 0 Å². The van der Waals surface area contributed by atoms with Gasteiger partial charge in [-0.05, 0) is 44.6 Å². The summed E-state index contributed by atoms with van der Waals surface area (Å²) < 4.78 is -0.279. The first-order chi connectivity index (χ1) is 8.58. The summed E-state index contributed by atoms with van der Waals surface area (Å²) in [4.78, 5) is 14.5. The maximum Gasteiger partial charge on any atom is 0.242 e. The molecule has 1 heterocycles. The third kappa shape index (κ3) is 2.34. The summed E-state index contributed by atoms with van der Waals surface area (Å²) in [6.45, 7) is 4.70. The molecule has 1 atom stereocenters. The van der Waals surface area contributed by atoms with Crippen LogP contribution in [-0.2, 0) is 4.79 Å². The average Bonchev–Trinajstić information content (AvgIpc) is 2.81. The van der Waals surface area contributed by atoms with Crippen molar-refractivity contribution in [1.29, 1.82) is 0 Å². The van der Waals surface area contributed by atoms with Crippen molar-refractivity contribution in [2.45, 2.75) is 31.4 Å². The van der Waals surface area contributed by atoms with Gasteiger partial charge >= 0.3 is 0 Å². The zero-order valence-electron chi connectivity index (χ0n) is 11.0. The number of nitrogens with two attached hydrogens (primary N) is 1. The molecule has 0 aromatic heterocycles. The van der Waals surface area contributed by atoms with Gasteiger partial charge in [0.05, 0.1) is 16.1 Å². The lowest BCUT2D eigenvalue weighted by molar-refractivity contribution is -0.120. The molecule has 1 unspecified atom stereocenters. The van der Waals surface area contributed by atoms with Crippen molar-refractivity contribution in [3.63, 3.8) is 0 Å². The Morgan fingerprint density at radius 3 is 2.78 bits per heavy atom. The Balaban J connectivity index is 2.29. The summed E-state index contributed by atoms with van der Waals surface area (Å²) in [7, 11) is 0. The van der Waals surface area contributed by atoms with Crippen LogP contribution in [0.15, 0.2) is 24.3 Å². The van der Waals surface area contributed by atoms with E-state index in [1.54, 1.807) is 11.8 Å². The molecule has 1 aliphatic heterocycles. The molecule has 3 nitrogen and oxygen atoms in total. The Labute approximate surface area is 113 Å². The van der Waals surface area contributed by atoms with E-state index >= 15 is 0 Å². The lowest BCUT2D eigenvalue weighted by Crippen LogP contribution is -2.44. The van der Waals surface area contributed by atoms with Crippen LogP contribution in [0.3, 0.4) is 0 Å². The van der Waals surface area contributed by atoms with Gasteiger partial charge < -0.3 is 10.6 Å². The average molecular weight is 264 g/mol. The normalized spacial score (nSPS) is 23.0. The Hall–Kier alpha value is -1.16. The number of rotatable bonds is 3. The van der Waals surface area contributed by atoms with Crippen LogP contribution in [0.25, 0.3) is 0 Å². The number of hydrogen-bond donors (Lipinski definition) is 1. The van der Waals surface area contributed by atoms with Crippen molar-refractivity contribution in [3.05, 3.63) is 24.3 Å². The molecular formula is C14H20N2OS. The zero-order valence-corrected chi connectivity index (χ0v) is 11.8. The second-order valence-electron chi connectivity index (χ2n) is 4.79. The molecule has 1 aromatic rings. The molecule has 0 radical (unpaired) electrons. The standard InChI is InChI=1S/C14H20N2OS/c1-3-16(12-8-5-4-7-11(12)15)13(17)14(2)9-6-10-18-14/h4-5,7-8H,3,6,9-10,15H2,1-2H3. The predicted octanol–water partition coefficient (Wildman–Crippen LogP) is 2.91. The maximum absolute atomic E-state index is 12.7. The number of benzene rings is 1. The van der Waals surface area contributed by atoms with E-state index in [-0.39, 0.29) is 10.7 Å². The van der Waals surface area contributed by atoms with Crippen LogP contribution in [0.2, 0.25) is 0 Å². The van der Waals surface area contributed by atoms with Crippen LogP contribution in [-0.4, -0.2) is 23.0 Å². The summed E-state index contributed by atoms with van der Waals surface area (Å²) in [5, 5.41) is 0. The summed E-state index contributed by atoms with van der Waals surface area (Å²) in [6, 6.07) is 7.57. The zero-order chi connectivity index (χ0) is 13.2. The molecule has 1 saturated heterocycles. The Morgan fingerprint density at radius 2 is 2.22 bits per heavy atom. The fourth-order valence-corrected chi connectivity index (χ4v) is 3.65. The van der Waals surface area contributed by atoms with Gasteiger partial charge in [0.15, 0.2) is 0 Å². The van der Waals surface area contributed by atoms with Crippen LogP contribution >= 0.6 is 11.8 Å². The molecule has 2 rings (SSSR count). The molecule has 4 heteroatoms. The van der Waals surface area contributed by atoms with E-state index in [1.165, 1.54) is 0 Å². The summed E-state index contributed by atoms with van der Waals surface area (Å²) in [5.74, 6) is 1.26. The largest absolute Gasteiger partial charge is 0.397 e. The molecule has 1 fully saturated rings. The van der Waals surface area contributed by atoms with Gasteiger partial charge in [-0.3, -0.25) is 4.79 Å². The lowest BCUT2D eigenvalue weighted by atomic mass is 10.0. The van der Waals surface area contributed by atoms with Gasteiger partial charge in [-0.25, -0.2) is 0 Å². The number of nitrogens with zero attached hydrogens (tertiary/aromatic N) is 1. The number of nitrogen functional groups attached to an aromatic ring is 1. The third-order valence-electron chi connectivity index (χ3n) is 3.46. The number of hydrogen-bond acceptors (Lipinski definition) is 3. The molecular weight excluding hydrogens is 244 g/mol. The third-order valence-corrected chi connectivity index (χ3v) is 4.97. The number of anilines is 2. The van der Waals surface area contributed by atoms with Gasteiger partial charge in [0, 0.05) is 6.54 Å². The molecule has 0 bridgehead atoms. The van der Waals surface area contributed by atoms with Crippen molar-refractivity contribution in [2.24, 2.45) is 0 Å². The van der Waals surface area contributed by atoms with E-state index < -0.39 is 0 Å². The smallest absolute Gasteiger partial charge is 0.242 e. The van der Waals surface area contributed by atoms with Crippen LogP contribution in [0.1, 0.15) is 26.7 Å². The minimum Gasteiger partial charge on any atom is -0.397 e. The van der Waals surface area contributed by atoms with Crippen LogP contribution < -0.4 is 10.6 Å². The van der Waals surface area contributed by atoms with Gasteiger partial charge in [-0.1, -0.05) is 12.1 Å². The Bertz CT molecular complexity index is 441. The molecule has 1 amide bonds. The van der Waals surface area contributed by atoms with Crippen LogP contribution in [0.4, 0.5) is 11.4 Å². The summed E-state index contributed by atoms with van der Waals surface area (Å²) in [6.07, 6.45) is 2.08. The molecule has 1 aliphatic rings. The van der Waals surface area contributed by atoms with E-state index in [0.29, 0.717) is 12.2 Å². The minimum absolute atomic E-state index is 0.186. The molecule has 18 heavy (non-hydrogen) atoms. The summed E-state index contributed by atoms with van der Waals surface area (Å²) in [5.41, 5.74) is 7.47. The molecule has 1 aromatic carbocycles. The van der Waals surface area contributed by atoms with E-state index in [9.17, 15) is 4.79 Å². The fourth-order valence-electron chi connectivity index (χ4n) is 2.39. The summed E-state index contributed by atoms with van der Waals surface area (Å²) >= 11 is 1.76. The lowest BCUT2D eigenvalue weighted by Gasteiger charge is -2.31. The van der Waals surface area contributed by atoms with E-state index in [2.05, 4.69) is 6.92 Å². The van der Waals surface area contributed by atoms with Crippen LogP contribution in [0.5, 0.6) is 0 Å². The number of carbonyl (C=O) groups excluding carboxylic acids is 1. The second-order valence-corrected chi connectivity index (χ2v) is 6.39. The number of amides is 1. The highest BCUT2D eigenvalue weighted by molar-refractivity contribution is 8.01. The van der Waals surface area contributed by atoms with Crippen LogP contribution in [0, 0.1) is 0 Å². The van der Waals surface area contributed by atoms with E-state index in [4.69, 9.17) is 5.73 Å². The first kappa shape index (κ1) is 13.3. The van der Waals surface area contributed by atoms with Gasteiger partial charge in [0.1, 0.15) is 0 Å². The van der Waals surface area contributed by atoms with Crippen molar-refractivity contribution < 1.29 is 4.79 Å². The number of carbonyl (C=O) groups is 1. The number of thioether (sulfide) groups is 1. The highest BCUT2D eigenvalue weighted by Gasteiger charge is 2.40. The quantitative estimate of drug-likeness (QED) is 0.854. The van der Waals surface area contributed by atoms with Crippen molar-refractivity contribution in [1.82, 2.24) is 0 Å². The van der Waals surface area contributed by atoms with Gasteiger partial charge in [-0.15, -0.1) is 11.8 Å². The fraction of sp³-hybridized carbons (Fsp3) is 0.500. The SMILES string of the molecule is CCN(C(=O)C1(C)CCCS1)c1ccccc1N. The topological polar surface area (TPSA) is 46.3 Å². The van der Waals surface area contributed by atoms with Crippen molar-refractivity contribution in [2.75, 3.05) is 22.9 Å². The Kier molecular flexibility index (Phi) is 3.85. The molecule has 2 N–H and O–H groups in total.